The molecule has 1 aromatic rings. The highest BCUT2D eigenvalue weighted by atomic mass is 79.9. The summed E-state index contributed by atoms with van der Waals surface area (Å²) in [7, 11) is 0. The van der Waals surface area contributed by atoms with Crippen LogP contribution in [0.5, 0.6) is 0 Å². The van der Waals surface area contributed by atoms with Crippen LogP contribution in [0.1, 0.15) is 42.5 Å². The minimum absolute atomic E-state index is 0.00685. The second-order valence-electron chi connectivity index (χ2n) is 4.77. The summed E-state index contributed by atoms with van der Waals surface area (Å²) in [6, 6.07) is 3.02. The SMILES string of the molecule is NC1(C(=O)c2ccc(Br)c(Cl)c2F)CCCCC1. The lowest BCUT2D eigenvalue weighted by Gasteiger charge is -2.32. The molecule has 0 radical (unpaired) electrons. The van der Waals surface area contributed by atoms with E-state index >= 15 is 0 Å². The number of rotatable bonds is 2. The zero-order chi connectivity index (χ0) is 13.3. The molecule has 0 bridgehead atoms. The van der Waals surface area contributed by atoms with Crippen molar-refractivity contribution in [2.75, 3.05) is 0 Å². The van der Waals surface area contributed by atoms with Crippen molar-refractivity contribution in [3.63, 3.8) is 0 Å². The molecule has 1 saturated carbocycles. The van der Waals surface area contributed by atoms with Gasteiger partial charge in [0.1, 0.15) is 0 Å². The molecular weight excluding hydrogens is 321 g/mol. The molecule has 0 amide bonds. The molecule has 2 N–H and O–H groups in total. The lowest BCUT2D eigenvalue weighted by Crippen LogP contribution is -2.49. The number of carbonyl (C=O) groups is 1. The van der Waals surface area contributed by atoms with Crippen LogP contribution in [0.2, 0.25) is 5.02 Å². The molecule has 1 aliphatic rings. The quantitative estimate of drug-likeness (QED) is 0.654. The number of halogens is 3. The first-order chi connectivity index (χ1) is 8.46. The van der Waals surface area contributed by atoms with E-state index in [4.69, 9.17) is 17.3 Å². The maximum absolute atomic E-state index is 14.0. The van der Waals surface area contributed by atoms with E-state index in [0.717, 1.165) is 19.3 Å². The molecule has 0 unspecified atom stereocenters. The maximum Gasteiger partial charge on any atom is 0.185 e. The Bertz CT molecular complexity index is 486. The average Bonchev–Trinajstić information content (AvgIpc) is 2.36. The van der Waals surface area contributed by atoms with E-state index in [0.29, 0.717) is 17.3 Å². The minimum atomic E-state index is -0.934. The van der Waals surface area contributed by atoms with Gasteiger partial charge in [0.25, 0.3) is 0 Å². The largest absolute Gasteiger partial charge is 0.319 e. The highest BCUT2D eigenvalue weighted by Crippen LogP contribution is 2.33. The summed E-state index contributed by atoms with van der Waals surface area (Å²) in [5.74, 6) is -1.03. The molecule has 0 aliphatic heterocycles. The maximum atomic E-state index is 14.0. The van der Waals surface area contributed by atoms with Crippen LogP contribution in [0, 0.1) is 5.82 Å². The molecule has 5 heteroatoms. The fraction of sp³-hybridized carbons (Fsp3) is 0.462. The van der Waals surface area contributed by atoms with Gasteiger partial charge in [-0.05, 0) is 40.9 Å². The smallest absolute Gasteiger partial charge is 0.185 e. The van der Waals surface area contributed by atoms with Crippen LogP contribution < -0.4 is 5.73 Å². The van der Waals surface area contributed by atoms with E-state index in [9.17, 15) is 9.18 Å². The first-order valence-electron chi connectivity index (χ1n) is 5.93. The second-order valence-corrected chi connectivity index (χ2v) is 6.00. The molecule has 0 spiro atoms. The van der Waals surface area contributed by atoms with Crippen molar-refractivity contribution in [1.29, 1.82) is 0 Å². The Morgan fingerprint density at radius 3 is 2.56 bits per heavy atom. The van der Waals surface area contributed by atoms with Crippen LogP contribution in [0.25, 0.3) is 0 Å². The van der Waals surface area contributed by atoms with Crippen LogP contribution >= 0.6 is 27.5 Å². The number of nitrogens with two attached hydrogens (primary N) is 1. The summed E-state index contributed by atoms with van der Waals surface area (Å²) < 4.78 is 14.4. The summed E-state index contributed by atoms with van der Waals surface area (Å²) in [5, 5.41) is -0.0692. The fourth-order valence-corrected chi connectivity index (χ4v) is 2.85. The fourth-order valence-electron chi connectivity index (χ4n) is 2.38. The van der Waals surface area contributed by atoms with Crippen molar-refractivity contribution in [3.8, 4) is 0 Å². The first kappa shape index (κ1) is 14.0. The molecule has 2 rings (SSSR count). The summed E-state index contributed by atoms with van der Waals surface area (Å²) in [4.78, 5) is 12.4. The predicted octanol–water partition coefficient (Wildman–Crippen LogP) is 4.09. The molecule has 18 heavy (non-hydrogen) atoms. The number of hydrogen-bond donors (Lipinski definition) is 1. The third-order valence-corrected chi connectivity index (χ3v) is 4.74. The number of ketones is 1. The zero-order valence-electron chi connectivity index (χ0n) is 9.81. The average molecular weight is 335 g/mol. The summed E-state index contributed by atoms with van der Waals surface area (Å²) in [5.41, 5.74) is 5.18. The van der Waals surface area contributed by atoms with E-state index < -0.39 is 11.4 Å². The Hall–Kier alpha value is -0.450. The molecular formula is C13H14BrClFNO. The Morgan fingerprint density at radius 1 is 1.33 bits per heavy atom. The Morgan fingerprint density at radius 2 is 1.94 bits per heavy atom. The van der Waals surface area contributed by atoms with Gasteiger partial charge in [0, 0.05) is 4.47 Å². The second kappa shape index (κ2) is 5.27. The normalized spacial score (nSPS) is 18.7. The van der Waals surface area contributed by atoms with Gasteiger partial charge in [0.05, 0.1) is 16.1 Å². The van der Waals surface area contributed by atoms with Gasteiger partial charge in [-0.1, -0.05) is 30.9 Å². The van der Waals surface area contributed by atoms with Crippen molar-refractivity contribution in [3.05, 3.63) is 33.0 Å². The monoisotopic (exact) mass is 333 g/mol. The van der Waals surface area contributed by atoms with Gasteiger partial charge in [-0.3, -0.25) is 4.79 Å². The van der Waals surface area contributed by atoms with Crippen LogP contribution in [-0.4, -0.2) is 11.3 Å². The number of hydrogen-bond acceptors (Lipinski definition) is 2. The van der Waals surface area contributed by atoms with Gasteiger partial charge in [0.15, 0.2) is 11.6 Å². The highest BCUT2D eigenvalue weighted by Gasteiger charge is 2.37. The molecule has 1 fully saturated rings. The lowest BCUT2D eigenvalue weighted by atomic mass is 9.77. The first-order valence-corrected chi connectivity index (χ1v) is 7.10. The molecule has 0 saturated heterocycles. The van der Waals surface area contributed by atoms with Crippen LogP contribution in [0.3, 0.4) is 0 Å². The zero-order valence-corrected chi connectivity index (χ0v) is 12.2. The minimum Gasteiger partial charge on any atom is -0.319 e. The standard InChI is InChI=1S/C13H14BrClFNO/c14-9-5-4-8(11(16)10(9)15)12(18)13(17)6-2-1-3-7-13/h4-5H,1-3,6-7,17H2. The van der Waals surface area contributed by atoms with Crippen LogP contribution in [0.4, 0.5) is 4.39 Å². The van der Waals surface area contributed by atoms with E-state index in [2.05, 4.69) is 15.9 Å². The molecule has 98 valence electrons. The molecule has 0 heterocycles. The van der Waals surface area contributed by atoms with Gasteiger partial charge in [-0.15, -0.1) is 0 Å². The van der Waals surface area contributed by atoms with Crippen molar-refractivity contribution in [2.45, 2.75) is 37.6 Å². The molecule has 0 aromatic heterocycles. The van der Waals surface area contributed by atoms with Crippen molar-refractivity contribution in [2.24, 2.45) is 5.73 Å². The Balaban J connectivity index is 2.37. The van der Waals surface area contributed by atoms with Gasteiger partial charge in [-0.2, -0.15) is 0 Å². The van der Waals surface area contributed by atoms with E-state index in [1.807, 2.05) is 0 Å². The molecule has 2 nitrogen and oxygen atoms in total. The van der Waals surface area contributed by atoms with Gasteiger partial charge < -0.3 is 5.73 Å². The van der Waals surface area contributed by atoms with Crippen LogP contribution in [-0.2, 0) is 0 Å². The Labute approximate surface area is 119 Å². The topological polar surface area (TPSA) is 43.1 Å². The van der Waals surface area contributed by atoms with Gasteiger partial charge in [-0.25, -0.2) is 4.39 Å². The third-order valence-electron chi connectivity index (χ3n) is 3.48. The van der Waals surface area contributed by atoms with E-state index in [1.54, 1.807) is 6.07 Å². The molecule has 1 aliphatic carbocycles. The summed E-state index contributed by atoms with van der Waals surface area (Å²) >= 11 is 8.92. The number of benzene rings is 1. The van der Waals surface area contributed by atoms with E-state index in [1.165, 1.54) is 6.07 Å². The van der Waals surface area contributed by atoms with Gasteiger partial charge >= 0.3 is 0 Å². The molecule has 0 atom stereocenters. The van der Waals surface area contributed by atoms with E-state index in [-0.39, 0.29) is 16.4 Å². The van der Waals surface area contributed by atoms with Crippen LogP contribution in [0.15, 0.2) is 16.6 Å². The number of carbonyl (C=O) groups excluding carboxylic acids is 1. The summed E-state index contributed by atoms with van der Waals surface area (Å²) in [6.07, 6.45) is 4.12. The highest BCUT2D eigenvalue weighted by molar-refractivity contribution is 9.10. The lowest BCUT2D eigenvalue weighted by molar-refractivity contribution is 0.0843. The van der Waals surface area contributed by atoms with Crippen molar-refractivity contribution in [1.82, 2.24) is 0 Å². The van der Waals surface area contributed by atoms with Crippen molar-refractivity contribution >= 4 is 33.3 Å². The van der Waals surface area contributed by atoms with Gasteiger partial charge in [0.2, 0.25) is 0 Å². The summed E-state index contributed by atoms with van der Waals surface area (Å²) in [6.45, 7) is 0. The predicted molar refractivity (Wildman–Crippen MR) is 73.4 cm³/mol. The van der Waals surface area contributed by atoms with Crippen molar-refractivity contribution < 1.29 is 9.18 Å². The number of Topliss-reactive ketones (excluding diaryl/α,β-unsaturated/α-hetero) is 1. The Kier molecular flexibility index (Phi) is 4.09. The third kappa shape index (κ3) is 2.46. The molecule has 1 aromatic carbocycles.